The lowest BCUT2D eigenvalue weighted by atomic mass is 9.92. The summed E-state index contributed by atoms with van der Waals surface area (Å²) in [7, 11) is 1.68. The molecule has 0 aromatic carbocycles. The number of hydrogen-bond acceptors (Lipinski definition) is 5. The molecule has 1 saturated heterocycles. The van der Waals surface area contributed by atoms with Crippen molar-refractivity contribution in [2.75, 3.05) is 46.6 Å². The van der Waals surface area contributed by atoms with Gasteiger partial charge in [0.2, 0.25) is 0 Å². The van der Waals surface area contributed by atoms with Gasteiger partial charge < -0.3 is 24.6 Å². The predicted molar refractivity (Wildman–Crippen MR) is 65.2 cm³/mol. The van der Waals surface area contributed by atoms with Crippen molar-refractivity contribution < 1.29 is 19.3 Å². The first-order valence-electron chi connectivity index (χ1n) is 6.28. The molecule has 1 aliphatic rings. The Kier molecular flexibility index (Phi) is 6.99. The molecule has 0 radical (unpaired) electrons. The molecule has 0 saturated carbocycles. The van der Waals surface area contributed by atoms with E-state index < -0.39 is 5.60 Å². The minimum atomic E-state index is -0.721. The molecule has 5 nitrogen and oxygen atoms in total. The van der Waals surface area contributed by atoms with E-state index in [2.05, 4.69) is 5.32 Å². The quantitative estimate of drug-likeness (QED) is 0.599. The van der Waals surface area contributed by atoms with Crippen LogP contribution in [0.2, 0.25) is 0 Å². The standard InChI is InChI=1S/C12H25NO4/c1-12(14)4-5-13-10-11(12)17-9-8-16-7-3-6-15-2/h11,13-14H,3-10H2,1-2H3. The van der Waals surface area contributed by atoms with Crippen LogP contribution in [0.25, 0.3) is 0 Å². The summed E-state index contributed by atoms with van der Waals surface area (Å²) in [5, 5.41) is 13.3. The van der Waals surface area contributed by atoms with E-state index in [0.717, 1.165) is 26.0 Å². The van der Waals surface area contributed by atoms with Crippen LogP contribution in [0.3, 0.4) is 0 Å². The normalized spacial score (nSPS) is 29.5. The first-order valence-corrected chi connectivity index (χ1v) is 6.28. The molecule has 0 spiro atoms. The molecule has 0 aromatic heterocycles. The average Bonchev–Trinajstić information content (AvgIpc) is 2.29. The van der Waals surface area contributed by atoms with E-state index in [9.17, 15) is 5.11 Å². The van der Waals surface area contributed by atoms with Crippen LogP contribution in [0.4, 0.5) is 0 Å². The Morgan fingerprint density at radius 2 is 2.12 bits per heavy atom. The Labute approximate surface area is 103 Å². The van der Waals surface area contributed by atoms with E-state index in [-0.39, 0.29) is 6.10 Å². The number of aliphatic hydroxyl groups is 1. The molecular formula is C12H25NO4. The lowest BCUT2D eigenvalue weighted by molar-refractivity contribution is -0.121. The summed E-state index contributed by atoms with van der Waals surface area (Å²) in [5.41, 5.74) is -0.721. The molecule has 17 heavy (non-hydrogen) atoms. The Bertz CT molecular complexity index is 199. The van der Waals surface area contributed by atoms with Gasteiger partial charge in [-0.2, -0.15) is 0 Å². The number of methoxy groups -OCH3 is 1. The highest BCUT2D eigenvalue weighted by Gasteiger charge is 2.34. The zero-order chi connectivity index (χ0) is 12.6. The number of ether oxygens (including phenoxy) is 3. The maximum absolute atomic E-state index is 10.1. The number of hydrogen-bond donors (Lipinski definition) is 2. The minimum absolute atomic E-state index is 0.140. The fourth-order valence-corrected chi connectivity index (χ4v) is 1.85. The van der Waals surface area contributed by atoms with E-state index in [1.165, 1.54) is 0 Å². The van der Waals surface area contributed by atoms with Gasteiger partial charge in [0.25, 0.3) is 0 Å². The summed E-state index contributed by atoms with van der Waals surface area (Å²) in [5.74, 6) is 0. The summed E-state index contributed by atoms with van der Waals surface area (Å²) in [6, 6.07) is 0. The van der Waals surface area contributed by atoms with Crippen molar-refractivity contribution in [1.82, 2.24) is 5.32 Å². The molecule has 1 fully saturated rings. The molecule has 2 unspecified atom stereocenters. The Balaban J connectivity index is 2.01. The third-order valence-corrected chi connectivity index (χ3v) is 3.02. The highest BCUT2D eigenvalue weighted by molar-refractivity contribution is 4.89. The van der Waals surface area contributed by atoms with Crippen LogP contribution in [0, 0.1) is 0 Å². The van der Waals surface area contributed by atoms with Gasteiger partial charge in [0, 0.05) is 26.9 Å². The van der Waals surface area contributed by atoms with Crippen LogP contribution >= 0.6 is 0 Å². The monoisotopic (exact) mass is 247 g/mol. The molecule has 0 bridgehead atoms. The zero-order valence-corrected chi connectivity index (χ0v) is 10.9. The lowest BCUT2D eigenvalue weighted by Crippen LogP contribution is -2.53. The summed E-state index contributed by atoms with van der Waals surface area (Å²) in [4.78, 5) is 0. The Hall–Kier alpha value is -0.200. The van der Waals surface area contributed by atoms with Gasteiger partial charge >= 0.3 is 0 Å². The second-order valence-corrected chi connectivity index (χ2v) is 4.63. The number of nitrogens with one attached hydrogen (secondary N) is 1. The molecule has 2 N–H and O–H groups in total. The van der Waals surface area contributed by atoms with Gasteiger partial charge in [-0.25, -0.2) is 0 Å². The van der Waals surface area contributed by atoms with Crippen LogP contribution in [0.15, 0.2) is 0 Å². The average molecular weight is 247 g/mol. The molecule has 5 heteroatoms. The largest absolute Gasteiger partial charge is 0.387 e. The van der Waals surface area contributed by atoms with Crippen LogP contribution in [-0.4, -0.2) is 63.4 Å². The maximum atomic E-state index is 10.1. The van der Waals surface area contributed by atoms with E-state index in [1.807, 2.05) is 6.92 Å². The summed E-state index contributed by atoms with van der Waals surface area (Å²) in [6.45, 7) is 5.89. The fraction of sp³-hybridized carbons (Fsp3) is 1.00. The Morgan fingerprint density at radius 1 is 1.29 bits per heavy atom. The lowest BCUT2D eigenvalue weighted by Gasteiger charge is -2.37. The van der Waals surface area contributed by atoms with Crippen LogP contribution < -0.4 is 5.32 Å². The predicted octanol–water partition coefficient (Wildman–Crippen LogP) is 0.169. The third kappa shape index (κ3) is 5.79. The number of piperidine rings is 1. The van der Waals surface area contributed by atoms with Crippen molar-refractivity contribution in [3.8, 4) is 0 Å². The van der Waals surface area contributed by atoms with Crippen molar-refractivity contribution in [2.24, 2.45) is 0 Å². The van der Waals surface area contributed by atoms with Gasteiger partial charge in [-0.3, -0.25) is 0 Å². The van der Waals surface area contributed by atoms with Crippen molar-refractivity contribution in [3.05, 3.63) is 0 Å². The molecule has 102 valence electrons. The molecule has 0 amide bonds. The zero-order valence-electron chi connectivity index (χ0n) is 10.9. The summed E-state index contributed by atoms with van der Waals surface area (Å²) in [6.07, 6.45) is 1.49. The summed E-state index contributed by atoms with van der Waals surface area (Å²) < 4.78 is 15.9. The topological polar surface area (TPSA) is 60.0 Å². The van der Waals surface area contributed by atoms with Gasteiger partial charge in [0.1, 0.15) is 0 Å². The van der Waals surface area contributed by atoms with Crippen LogP contribution in [0.1, 0.15) is 19.8 Å². The molecule has 2 atom stereocenters. The smallest absolute Gasteiger partial charge is 0.0984 e. The first kappa shape index (κ1) is 14.9. The van der Waals surface area contributed by atoms with Gasteiger partial charge in [-0.15, -0.1) is 0 Å². The summed E-state index contributed by atoms with van der Waals surface area (Å²) >= 11 is 0. The van der Waals surface area contributed by atoms with Crippen LogP contribution in [-0.2, 0) is 14.2 Å². The molecular weight excluding hydrogens is 222 g/mol. The molecule has 1 heterocycles. The molecule has 0 aromatic rings. The molecule has 1 rings (SSSR count). The van der Waals surface area contributed by atoms with Crippen molar-refractivity contribution in [1.29, 1.82) is 0 Å². The highest BCUT2D eigenvalue weighted by Crippen LogP contribution is 2.20. The van der Waals surface area contributed by atoms with Crippen LogP contribution in [0.5, 0.6) is 0 Å². The third-order valence-electron chi connectivity index (χ3n) is 3.02. The maximum Gasteiger partial charge on any atom is 0.0984 e. The van der Waals surface area contributed by atoms with E-state index >= 15 is 0 Å². The second kappa shape index (κ2) is 8.00. The van der Waals surface area contributed by atoms with Crippen molar-refractivity contribution in [2.45, 2.75) is 31.5 Å². The van der Waals surface area contributed by atoms with Crippen molar-refractivity contribution in [3.63, 3.8) is 0 Å². The van der Waals surface area contributed by atoms with Gasteiger partial charge in [-0.1, -0.05) is 0 Å². The number of rotatable bonds is 8. The second-order valence-electron chi connectivity index (χ2n) is 4.63. The van der Waals surface area contributed by atoms with E-state index in [0.29, 0.717) is 26.4 Å². The van der Waals surface area contributed by atoms with Gasteiger partial charge in [0.15, 0.2) is 0 Å². The Morgan fingerprint density at radius 3 is 2.82 bits per heavy atom. The highest BCUT2D eigenvalue weighted by atomic mass is 16.5. The SMILES string of the molecule is COCCCOCCOC1CNCCC1(C)O. The molecule has 0 aliphatic carbocycles. The minimum Gasteiger partial charge on any atom is -0.387 e. The van der Waals surface area contributed by atoms with E-state index in [1.54, 1.807) is 7.11 Å². The van der Waals surface area contributed by atoms with E-state index in [4.69, 9.17) is 14.2 Å². The first-order chi connectivity index (χ1) is 8.17. The van der Waals surface area contributed by atoms with Gasteiger partial charge in [0.05, 0.1) is 24.9 Å². The fourth-order valence-electron chi connectivity index (χ4n) is 1.85. The van der Waals surface area contributed by atoms with Gasteiger partial charge in [-0.05, 0) is 26.3 Å². The molecule has 1 aliphatic heterocycles. The van der Waals surface area contributed by atoms with Crippen molar-refractivity contribution >= 4 is 0 Å².